The molecular weight excluding hydrogens is 372 g/mol. The highest BCUT2D eigenvalue weighted by atomic mass is 32.1. The van der Waals surface area contributed by atoms with Gasteiger partial charge < -0.3 is 19.9 Å². The highest BCUT2D eigenvalue weighted by Crippen LogP contribution is 2.43. The number of aryl methyl sites for hydroxylation is 1. The Labute approximate surface area is 171 Å². The van der Waals surface area contributed by atoms with Crippen molar-refractivity contribution in [2.75, 3.05) is 26.8 Å². The van der Waals surface area contributed by atoms with E-state index < -0.39 is 0 Å². The Morgan fingerprint density at radius 2 is 2.21 bits per heavy atom. The Hall–Kier alpha value is -1.93. The van der Waals surface area contributed by atoms with Crippen molar-refractivity contribution in [2.45, 2.75) is 45.6 Å². The number of hydrogen-bond acceptors (Lipinski definition) is 5. The number of rotatable bonds is 10. The number of hydrogen-bond donors (Lipinski definition) is 2. The van der Waals surface area contributed by atoms with E-state index >= 15 is 0 Å². The summed E-state index contributed by atoms with van der Waals surface area (Å²) in [6.45, 7) is 5.07. The van der Waals surface area contributed by atoms with E-state index in [4.69, 9.17) is 9.73 Å². The van der Waals surface area contributed by atoms with Crippen LogP contribution in [-0.2, 0) is 24.8 Å². The van der Waals surface area contributed by atoms with Crippen molar-refractivity contribution in [3.8, 4) is 0 Å². The van der Waals surface area contributed by atoms with Gasteiger partial charge in [0.25, 0.3) is 0 Å². The van der Waals surface area contributed by atoms with Crippen LogP contribution in [0.2, 0.25) is 0 Å². The molecule has 0 saturated heterocycles. The summed E-state index contributed by atoms with van der Waals surface area (Å²) in [6.07, 6.45) is 5.92. The molecule has 0 unspecified atom stereocenters. The van der Waals surface area contributed by atoms with Crippen molar-refractivity contribution in [3.63, 3.8) is 0 Å². The summed E-state index contributed by atoms with van der Waals surface area (Å²) in [4.78, 5) is 6.15. The number of thiophene rings is 1. The van der Waals surface area contributed by atoms with Crippen LogP contribution in [0.3, 0.4) is 0 Å². The zero-order chi connectivity index (χ0) is 19.8. The van der Waals surface area contributed by atoms with Gasteiger partial charge in [-0.05, 0) is 49.5 Å². The van der Waals surface area contributed by atoms with Gasteiger partial charge in [0, 0.05) is 38.7 Å². The monoisotopic (exact) mass is 404 g/mol. The molecule has 1 aliphatic carbocycles. The molecule has 0 amide bonds. The summed E-state index contributed by atoms with van der Waals surface area (Å²) in [5.74, 6) is 2.62. The van der Waals surface area contributed by atoms with Gasteiger partial charge in [-0.1, -0.05) is 12.5 Å². The van der Waals surface area contributed by atoms with Gasteiger partial charge in [-0.2, -0.15) is 0 Å². The van der Waals surface area contributed by atoms with Crippen molar-refractivity contribution >= 4 is 17.3 Å². The van der Waals surface area contributed by atoms with E-state index in [1.165, 1.54) is 24.1 Å². The van der Waals surface area contributed by atoms with E-state index in [2.05, 4.69) is 38.3 Å². The predicted octanol–water partition coefficient (Wildman–Crippen LogP) is 2.67. The first kappa shape index (κ1) is 20.8. The average Bonchev–Trinajstić information content (AvgIpc) is 3.29. The fourth-order valence-electron chi connectivity index (χ4n) is 3.45. The van der Waals surface area contributed by atoms with Gasteiger partial charge in [-0.15, -0.1) is 21.5 Å². The molecule has 0 bridgehead atoms. The molecule has 0 aromatic carbocycles. The molecule has 2 N–H and O–H groups in total. The van der Waals surface area contributed by atoms with E-state index in [0.29, 0.717) is 12.0 Å². The maximum atomic E-state index is 5.32. The summed E-state index contributed by atoms with van der Waals surface area (Å²) < 4.78 is 7.30. The maximum absolute atomic E-state index is 5.32. The molecule has 1 aliphatic rings. The first-order valence-corrected chi connectivity index (χ1v) is 10.9. The molecule has 0 radical (unpaired) electrons. The highest BCUT2D eigenvalue weighted by molar-refractivity contribution is 7.09. The normalized spacial score (nSPS) is 16.0. The molecular formula is C20H32N6OS. The highest BCUT2D eigenvalue weighted by Gasteiger charge is 2.36. The molecule has 2 aromatic rings. The van der Waals surface area contributed by atoms with E-state index in [-0.39, 0.29) is 0 Å². The summed E-state index contributed by atoms with van der Waals surface area (Å²) in [7, 11) is 3.76. The minimum atomic E-state index is 0.341. The van der Waals surface area contributed by atoms with Crippen LogP contribution in [-0.4, -0.2) is 47.5 Å². The van der Waals surface area contributed by atoms with E-state index in [9.17, 15) is 0 Å². The lowest BCUT2D eigenvalue weighted by Gasteiger charge is -2.42. The smallest absolute Gasteiger partial charge is 0.191 e. The molecule has 2 aromatic heterocycles. The van der Waals surface area contributed by atoms with E-state index in [0.717, 1.165) is 50.1 Å². The molecule has 0 aliphatic heterocycles. The van der Waals surface area contributed by atoms with Gasteiger partial charge in [0.1, 0.15) is 12.4 Å². The average molecular weight is 405 g/mol. The fourth-order valence-corrected chi connectivity index (χ4v) is 4.16. The Morgan fingerprint density at radius 3 is 2.82 bits per heavy atom. The van der Waals surface area contributed by atoms with Crippen molar-refractivity contribution in [3.05, 3.63) is 34.0 Å². The SMILES string of the molecule is COCCC1(CNC(=NCc2nnc(C)n2C)NCCc2cccs2)CCC1. The second-order valence-electron chi connectivity index (χ2n) is 7.59. The van der Waals surface area contributed by atoms with Gasteiger partial charge in [0.05, 0.1) is 0 Å². The van der Waals surface area contributed by atoms with Crippen LogP contribution in [0.15, 0.2) is 22.5 Å². The third kappa shape index (κ3) is 5.54. The number of ether oxygens (including phenoxy) is 1. The molecule has 0 atom stereocenters. The van der Waals surface area contributed by atoms with Gasteiger partial charge in [0.15, 0.2) is 11.8 Å². The van der Waals surface area contributed by atoms with Crippen molar-refractivity contribution in [2.24, 2.45) is 17.5 Å². The molecule has 1 fully saturated rings. The van der Waals surface area contributed by atoms with Crippen LogP contribution < -0.4 is 10.6 Å². The first-order valence-electron chi connectivity index (χ1n) is 10.0. The van der Waals surface area contributed by atoms with Crippen LogP contribution in [0.5, 0.6) is 0 Å². The van der Waals surface area contributed by atoms with E-state index in [1.807, 2.05) is 18.5 Å². The molecule has 3 rings (SSSR count). The van der Waals surface area contributed by atoms with Crippen LogP contribution >= 0.6 is 11.3 Å². The number of nitrogens with one attached hydrogen (secondary N) is 2. The molecule has 7 nitrogen and oxygen atoms in total. The lowest BCUT2D eigenvalue weighted by molar-refractivity contribution is 0.0732. The maximum Gasteiger partial charge on any atom is 0.191 e. The molecule has 0 spiro atoms. The first-order chi connectivity index (χ1) is 13.6. The molecule has 2 heterocycles. The second-order valence-corrected chi connectivity index (χ2v) is 8.63. The summed E-state index contributed by atoms with van der Waals surface area (Å²) >= 11 is 1.79. The van der Waals surface area contributed by atoms with Crippen molar-refractivity contribution in [1.29, 1.82) is 0 Å². The van der Waals surface area contributed by atoms with Gasteiger partial charge in [-0.25, -0.2) is 4.99 Å². The van der Waals surface area contributed by atoms with E-state index in [1.54, 1.807) is 18.4 Å². The number of guanidine groups is 1. The zero-order valence-corrected chi connectivity index (χ0v) is 18.0. The van der Waals surface area contributed by atoms with Crippen LogP contribution in [0.25, 0.3) is 0 Å². The minimum Gasteiger partial charge on any atom is -0.385 e. The van der Waals surface area contributed by atoms with Crippen molar-refractivity contribution in [1.82, 2.24) is 25.4 Å². The fraction of sp³-hybridized carbons (Fsp3) is 0.650. The van der Waals surface area contributed by atoms with Crippen molar-refractivity contribution < 1.29 is 4.74 Å². The lowest BCUT2D eigenvalue weighted by atomic mass is 9.67. The Morgan fingerprint density at radius 1 is 1.36 bits per heavy atom. The van der Waals surface area contributed by atoms with Gasteiger partial charge in [0.2, 0.25) is 0 Å². The third-order valence-electron chi connectivity index (χ3n) is 5.69. The molecule has 28 heavy (non-hydrogen) atoms. The predicted molar refractivity (Wildman–Crippen MR) is 114 cm³/mol. The number of methoxy groups -OCH3 is 1. The number of aromatic nitrogens is 3. The number of nitrogens with zero attached hydrogens (tertiary/aromatic N) is 4. The topological polar surface area (TPSA) is 76.4 Å². The quantitative estimate of drug-likeness (QED) is 0.470. The summed E-state index contributed by atoms with van der Waals surface area (Å²) in [6, 6.07) is 4.27. The Balaban J connectivity index is 1.59. The largest absolute Gasteiger partial charge is 0.385 e. The lowest BCUT2D eigenvalue weighted by Crippen LogP contribution is -2.47. The van der Waals surface area contributed by atoms with Crippen LogP contribution in [0, 0.1) is 12.3 Å². The Kier molecular flexibility index (Phi) is 7.44. The second kappa shape index (κ2) is 10.0. The van der Waals surface area contributed by atoms with Gasteiger partial charge in [-0.3, -0.25) is 0 Å². The molecule has 8 heteroatoms. The zero-order valence-electron chi connectivity index (χ0n) is 17.2. The minimum absolute atomic E-state index is 0.341. The summed E-state index contributed by atoms with van der Waals surface area (Å²) in [5, 5.41) is 17.5. The van der Waals surface area contributed by atoms with Crippen LogP contribution in [0.4, 0.5) is 0 Å². The third-order valence-corrected chi connectivity index (χ3v) is 6.62. The standard InChI is InChI=1S/C20H32N6OS/c1-16-24-25-18(26(16)2)14-22-19(21-11-7-17-6-4-13-28-17)23-15-20(8-5-9-20)10-12-27-3/h4,6,13H,5,7-12,14-15H2,1-3H3,(H2,21,22,23). The molecule has 154 valence electrons. The van der Waals surface area contributed by atoms with Gasteiger partial charge >= 0.3 is 0 Å². The van der Waals surface area contributed by atoms with Crippen LogP contribution in [0.1, 0.15) is 42.2 Å². The Bertz CT molecular complexity index is 751. The number of aliphatic imine (C=N–C) groups is 1. The molecule has 1 saturated carbocycles. The summed E-state index contributed by atoms with van der Waals surface area (Å²) in [5.41, 5.74) is 0.341.